The molecule has 0 bridgehead atoms. The molecule has 0 radical (unpaired) electrons. The molecule has 0 aromatic carbocycles. The predicted molar refractivity (Wildman–Crippen MR) is 61.2 cm³/mol. The number of rotatable bonds is 4. The van der Waals surface area contributed by atoms with Gasteiger partial charge >= 0.3 is 0 Å². The van der Waals surface area contributed by atoms with E-state index < -0.39 is 10.0 Å². The van der Waals surface area contributed by atoms with Crippen molar-refractivity contribution in [3.8, 4) is 0 Å². The molecule has 1 aliphatic heterocycles. The van der Waals surface area contributed by atoms with Crippen molar-refractivity contribution in [2.24, 2.45) is 11.7 Å². The van der Waals surface area contributed by atoms with Crippen molar-refractivity contribution in [2.45, 2.75) is 12.8 Å². The molecule has 94 valence electrons. The van der Waals surface area contributed by atoms with Crippen molar-refractivity contribution >= 4 is 15.9 Å². The fourth-order valence-corrected chi connectivity index (χ4v) is 3.20. The largest absolute Gasteiger partial charge is 0.359 e. The summed E-state index contributed by atoms with van der Waals surface area (Å²) >= 11 is 0. The van der Waals surface area contributed by atoms with E-state index in [4.69, 9.17) is 5.73 Å². The highest BCUT2D eigenvalue weighted by Crippen LogP contribution is 2.19. The average molecular weight is 249 g/mol. The molecule has 0 atom stereocenters. The molecule has 0 saturated carbocycles. The Morgan fingerprint density at radius 3 is 2.44 bits per heavy atom. The van der Waals surface area contributed by atoms with Crippen molar-refractivity contribution in [3.63, 3.8) is 0 Å². The third-order valence-electron chi connectivity index (χ3n) is 2.84. The van der Waals surface area contributed by atoms with E-state index in [1.54, 1.807) is 7.05 Å². The Kier molecular flexibility index (Phi) is 4.69. The number of sulfonamides is 1. The molecular weight excluding hydrogens is 230 g/mol. The van der Waals surface area contributed by atoms with E-state index in [1.807, 2.05) is 0 Å². The van der Waals surface area contributed by atoms with Gasteiger partial charge in [0, 0.05) is 32.6 Å². The van der Waals surface area contributed by atoms with Crippen LogP contribution in [0.2, 0.25) is 0 Å². The Morgan fingerprint density at radius 1 is 1.44 bits per heavy atom. The zero-order valence-electron chi connectivity index (χ0n) is 9.48. The first-order valence-electron chi connectivity index (χ1n) is 5.40. The van der Waals surface area contributed by atoms with Gasteiger partial charge in [-0.2, -0.15) is 0 Å². The van der Waals surface area contributed by atoms with E-state index in [0.717, 1.165) is 0 Å². The lowest BCUT2D eigenvalue weighted by atomic mass is 9.97. The zero-order chi connectivity index (χ0) is 12.2. The van der Waals surface area contributed by atoms with E-state index in [0.29, 0.717) is 25.9 Å². The standard InChI is InChI=1S/C9H19N3O3S/c1-11-9(13)8-2-5-12(6-3-8)16(14,15)7-4-10/h8H,2-7,10H2,1H3,(H,11,13). The highest BCUT2D eigenvalue weighted by atomic mass is 32.2. The van der Waals surface area contributed by atoms with Crippen LogP contribution in [0.1, 0.15) is 12.8 Å². The number of hydrogen-bond donors (Lipinski definition) is 2. The Morgan fingerprint density at radius 2 is 2.00 bits per heavy atom. The third-order valence-corrected chi connectivity index (χ3v) is 4.74. The Balaban J connectivity index is 2.52. The van der Waals surface area contributed by atoms with Crippen LogP contribution in [0.5, 0.6) is 0 Å². The van der Waals surface area contributed by atoms with Crippen LogP contribution in [-0.4, -0.2) is 51.1 Å². The molecule has 0 unspecified atom stereocenters. The van der Waals surface area contributed by atoms with Crippen LogP contribution in [0.15, 0.2) is 0 Å². The summed E-state index contributed by atoms with van der Waals surface area (Å²) in [5.74, 6) is -0.0809. The highest BCUT2D eigenvalue weighted by Gasteiger charge is 2.29. The van der Waals surface area contributed by atoms with Crippen molar-refractivity contribution in [1.29, 1.82) is 0 Å². The van der Waals surface area contributed by atoms with Gasteiger partial charge in [-0.25, -0.2) is 12.7 Å². The molecule has 3 N–H and O–H groups in total. The van der Waals surface area contributed by atoms with Gasteiger partial charge in [0.25, 0.3) is 0 Å². The second kappa shape index (κ2) is 5.60. The topological polar surface area (TPSA) is 92.5 Å². The van der Waals surface area contributed by atoms with Gasteiger partial charge in [0.2, 0.25) is 15.9 Å². The molecule has 1 rings (SSSR count). The highest BCUT2D eigenvalue weighted by molar-refractivity contribution is 7.89. The SMILES string of the molecule is CNC(=O)C1CCN(S(=O)(=O)CCN)CC1. The minimum Gasteiger partial charge on any atom is -0.359 e. The molecular formula is C9H19N3O3S. The summed E-state index contributed by atoms with van der Waals surface area (Å²) in [5.41, 5.74) is 5.25. The summed E-state index contributed by atoms with van der Waals surface area (Å²) in [5, 5.41) is 2.59. The monoisotopic (exact) mass is 249 g/mol. The smallest absolute Gasteiger partial charge is 0.222 e. The van der Waals surface area contributed by atoms with E-state index >= 15 is 0 Å². The van der Waals surface area contributed by atoms with Gasteiger partial charge in [-0.15, -0.1) is 0 Å². The first-order valence-corrected chi connectivity index (χ1v) is 7.01. The maximum absolute atomic E-state index is 11.7. The summed E-state index contributed by atoms with van der Waals surface area (Å²) in [6.07, 6.45) is 1.17. The fourth-order valence-electron chi connectivity index (χ4n) is 1.88. The lowest BCUT2D eigenvalue weighted by molar-refractivity contribution is -0.125. The van der Waals surface area contributed by atoms with Crippen LogP contribution in [0.25, 0.3) is 0 Å². The Bertz CT molecular complexity index is 334. The summed E-state index contributed by atoms with van der Waals surface area (Å²) in [7, 11) is -1.62. The average Bonchev–Trinajstić information content (AvgIpc) is 2.28. The molecule has 7 heteroatoms. The summed E-state index contributed by atoms with van der Waals surface area (Å²) in [6.45, 7) is 0.971. The van der Waals surface area contributed by atoms with E-state index in [1.165, 1.54) is 4.31 Å². The summed E-state index contributed by atoms with van der Waals surface area (Å²) < 4.78 is 24.8. The minimum atomic E-state index is -3.21. The lowest BCUT2D eigenvalue weighted by Crippen LogP contribution is -2.43. The van der Waals surface area contributed by atoms with Gasteiger partial charge in [0.1, 0.15) is 0 Å². The number of hydrogen-bond acceptors (Lipinski definition) is 4. The molecule has 0 spiro atoms. The van der Waals surface area contributed by atoms with E-state index in [9.17, 15) is 13.2 Å². The van der Waals surface area contributed by atoms with Crippen molar-refractivity contribution in [3.05, 3.63) is 0 Å². The normalized spacial score (nSPS) is 19.6. The first kappa shape index (κ1) is 13.4. The summed E-state index contributed by atoms with van der Waals surface area (Å²) in [4.78, 5) is 11.3. The number of nitrogens with two attached hydrogens (primary N) is 1. The molecule has 1 amide bonds. The van der Waals surface area contributed by atoms with Crippen molar-refractivity contribution in [2.75, 3.05) is 32.4 Å². The van der Waals surface area contributed by atoms with Crippen LogP contribution in [0.3, 0.4) is 0 Å². The van der Waals surface area contributed by atoms with Gasteiger partial charge in [-0.05, 0) is 12.8 Å². The predicted octanol–water partition coefficient (Wildman–Crippen LogP) is -1.27. The number of nitrogens with zero attached hydrogens (tertiary/aromatic N) is 1. The first-order chi connectivity index (χ1) is 7.51. The second-order valence-corrected chi connectivity index (χ2v) is 5.98. The maximum Gasteiger partial charge on any atom is 0.222 e. The lowest BCUT2D eigenvalue weighted by Gasteiger charge is -2.30. The number of carbonyl (C=O) groups excluding carboxylic acids is 1. The van der Waals surface area contributed by atoms with Crippen LogP contribution < -0.4 is 11.1 Å². The number of amides is 1. The molecule has 1 fully saturated rings. The van der Waals surface area contributed by atoms with Crippen molar-refractivity contribution in [1.82, 2.24) is 9.62 Å². The van der Waals surface area contributed by atoms with Gasteiger partial charge in [-0.3, -0.25) is 4.79 Å². The number of nitrogens with one attached hydrogen (secondary N) is 1. The van der Waals surface area contributed by atoms with E-state index in [-0.39, 0.29) is 24.1 Å². The molecule has 6 nitrogen and oxygen atoms in total. The summed E-state index contributed by atoms with van der Waals surface area (Å²) in [6, 6.07) is 0. The molecule has 0 aliphatic carbocycles. The third kappa shape index (κ3) is 3.16. The van der Waals surface area contributed by atoms with Gasteiger partial charge < -0.3 is 11.1 Å². The van der Waals surface area contributed by atoms with E-state index in [2.05, 4.69) is 5.32 Å². The zero-order valence-corrected chi connectivity index (χ0v) is 10.3. The quantitative estimate of drug-likeness (QED) is 0.650. The molecule has 0 aromatic rings. The van der Waals surface area contributed by atoms with Crippen LogP contribution >= 0.6 is 0 Å². The molecule has 1 heterocycles. The fraction of sp³-hybridized carbons (Fsp3) is 0.889. The maximum atomic E-state index is 11.7. The van der Waals surface area contributed by atoms with Gasteiger partial charge in [0.05, 0.1) is 5.75 Å². The Hall–Kier alpha value is -0.660. The molecule has 1 saturated heterocycles. The Labute approximate surface area is 96.2 Å². The van der Waals surface area contributed by atoms with Gasteiger partial charge in [-0.1, -0.05) is 0 Å². The van der Waals surface area contributed by atoms with Crippen LogP contribution in [0.4, 0.5) is 0 Å². The molecule has 0 aromatic heterocycles. The second-order valence-electron chi connectivity index (χ2n) is 3.89. The number of piperidine rings is 1. The van der Waals surface area contributed by atoms with Gasteiger partial charge in [0.15, 0.2) is 0 Å². The van der Waals surface area contributed by atoms with Crippen LogP contribution in [0, 0.1) is 5.92 Å². The minimum absolute atomic E-state index is 0.00382. The van der Waals surface area contributed by atoms with Crippen LogP contribution in [-0.2, 0) is 14.8 Å². The van der Waals surface area contributed by atoms with Crippen molar-refractivity contribution < 1.29 is 13.2 Å². The molecule has 16 heavy (non-hydrogen) atoms. The molecule has 1 aliphatic rings. The number of carbonyl (C=O) groups is 1.